The molecule has 0 aliphatic heterocycles. The molecule has 3 N–H and O–H groups in total. The molecule has 0 aromatic heterocycles. The Kier molecular flexibility index (Phi) is 10.6. The maximum absolute atomic E-state index is 12.6. The number of esters is 1. The third-order valence-electron chi connectivity index (χ3n) is 6.47. The van der Waals surface area contributed by atoms with Crippen LogP contribution in [0.3, 0.4) is 0 Å². The summed E-state index contributed by atoms with van der Waals surface area (Å²) in [6.45, 7) is 4.25. The van der Waals surface area contributed by atoms with Crippen LogP contribution in [0.5, 0.6) is 28.7 Å². The van der Waals surface area contributed by atoms with Crippen molar-refractivity contribution in [3.8, 4) is 28.7 Å². The fourth-order valence-corrected chi connectivity index (χ4v) is 4.01. The minimum atomic E-state index is -1.43. The van der Waals surface area contributed by atoms with Crippen LogP contribution < -0.4 is 19.1 Å². The molecule has 0 saturated heterocycles. The third kappa shape index (κ3) is 9.42. The summed E-state index contributed by atoms with van der Waals surface area (Å²) in [5.74, 6) is -2.41. The molecule has 4 aromatic carbocycles. The van der Waals surface area contributed by atoms with E-state index in [1.165, 1.54) is 24.3 Å². The highest BCUT2D eigenvalue weighted by Crippen LogP contribution is 2.26. The quantitative estimate of drug-likeness (QED) is 0.0452. The number of carbonyl (C=O) groups excluding carboxylic acids is 1. The molecule has 47 heavy (non-hydrogen) atoms. The van der Waals surface area contributed by atoms with Crippen LogP contribution in [0.25, 0.3) is 0 Å². The zero-order valence-corrected chi connectivity index (χ0v) is 25.1. The van der Waals surface area contributed by atoms with Crippen LogP contribution in [0.15, 0.2) is 84.9 Å². The van der Waals surface area contributed by atoms with Crippen LogP contribution in [-0.2, 0) is 11.5 Å². The number of nitrogens with zero attached hydrogens (tertiary/aromatic N) is 1. The molecule has 0 amide bonds. The average Bonchev–Trinajstić information content (AvgIpc) is 3.04. The lowest BCUT2D eigenvalue weighted by Crippen LogP contribution is -2.28. The summed E-state index contributed by atoms with van der Waals surface area (Å²) in [5, 5.41) is 39.2. The fraction of sp³-hybridized carbons (Fsp3) is 0.182. The van der Waals surface area contributed by atoms with Crippen molar-refractivity contribution in [2.45, 2.75) is 20.5 Å². The molecule has 0 aliphatic carbocycles. The van der Waals surface area contributed by atoms with Crippen LogP contribution in [0, 0.1) is 15.5 Å². The molecule has 0 bridgehead atoms. The van der Waals surface area contributed by atoms with Crippen molar-refractivity contribution < 1.29 is 58.6 Å². The van der Waals surface area contributed by atoms with Gasteiger partial charge in [0.2, 0.25) is 0 Å². The summed E-state index contributed by atoms with van der Waals surface area (Å²) in [5.41, 5.74) is -1.54. The Morgan fingerprint density at radius 1 is 0.723 bits per heavy atom. The molecule has 0 unspecified atom stereocenters. The highest BCUT2D eigenvalue weighted by molar-refractivity contribution is 6.03. The van der Waals surface area contributed by atoms with Crippen molar-refractivity contribution in [3.05, 3.63) is 117 Å². The number of hydrogen-bond donors (Lipinski definition) is 3. The number of phenolic OH excluding ortho intramolecular Hbond substituents is 1. The molecular weight excluding hydrogens is 618 g/mol. The first-order valence-corrected chi connectivity index (χ1v) is 13.9. The second kappa shape index (κ2) is 14.8. The molecule has 0 atom stereocenters. The Morgan fingerprint density at radius 2 is 1.28 bits per heavy atom. The molecule has 14 nitrogen and oxygen atoms in total. The van der Waals surface area contributed by atoms with E-state index in [0.717, 1.165) is 24.3 Å². The first-order valence-electron chi connectivity index (χ1n) is 13.9. The van der Waals surface area contributed by atoms with Crippen LogP contribution in [-0.4, -0.2) is 51.4 Å². The zero-order chi connectivity index (χ0) is 34.1. The monoisotopic (exact) mass is 647 g/mol. The maximum atomic E-state index is 12.6. The largest absolute Gasteiger partial charge is 0.508 e. The number of rotatable bonds is 15. The Hall–Kier alpha value is -6.15. The maximum Gasteiger partial charge on any atom is 0.344 e. The number of ether oxygens (including phenoxy) is 3. The van der Waals surface area contributed by atoms with Gasteiger partial charge in [-0.25, -0.2) is 14.4 Å². The Balaban J connectivity index is 1.24. The van der Waals surface area contributed by atoms with Crippen LogP contribution in [0.2, 0.25) is 0 Å². The van der Waals surface area contributed by atoms with E-state index < -0.39 is 45.1 Å². The molecule has 0 heterocycles. The summed E-state index contributed by atoms with van der Waals surface area (Å²) < 4.78 is 17.0. The number of carboxylic acid groups (broad SMARTS) is 2. The first-order chi connectivity index (χ1) is 22.3. The average molecular weight is 648 g/mol. The van der Waals surface area contributed by atoms with Gasteiger partial charge in [-0.15, -0.1) is 0 Å². The van der Waals surface area contributed by atoms with E-state index in [-0.39, 0.29) is 36.9 Å². The number of hydrogen-bond acceptors (Lipinski definition) is 11. The van der Waals surface area contributed by atoms with Gasteiger partial charge < -0.3 is 34.4 Å². The Labute approximate surface area is 267 Å². The predicted molar refractivity (Wildman–Crippen MR) is 163 cm³/mol. The first kappa shape index (κ1) is 33.7. The van der Waals surface area contributed by atoms with Crippen molar-refractivity contribution in [1.82, 2.24) is 0 Å². The summed E-state index contributed by atoms with van der Waals surface area (Å²) >= 11 is 0. The lowest BCUT2D eigenvalue weighted by molar-refractivity contribution is -0.384. The number of non-ortho nitro benzene ring substituents is 1. The van der Waals surface area contributed by atoms with E-state index in [4.69, 9.17) is 24.0 Å². The van der Waals surface area contributed by atoms with Crippen molar-refractivity contribution in [2.24, 2.45) is 5.41 Å². The van der Waals surface area contributed by atoms with Gasteiger partial charge in [0.15, 0.2) is 5.75 Å². The summed E-state index contributed by atoms with van der Waals surface area (Å²) in [4.78, 5) is 56.2. The van der Waals surface area contributed by atoms with Crippen molar-refractivity contribution in [3.63, 3.8) is 0 Å². The van der Waals surface area contributed by atoms with Crippen molar-refractivity contribution in [2.75, 3.05) is 13.2 Å². The minimum absolute atomic E-state index is 0.0796. The molecule has 0 radical (unpaired) electrons. The minimum Gasteiger partial charge on any atom is -0.508 e. The highest BCUT2D eigenvalue weighted by Gasteiger charge is 2.23. The number of carbonyl (C=O) groups is 3. The van der Waals surface area contributed by atoms with Gasteiger partial charge in [0, 0.05) is 17.5 Å². The number of nitro benzene ring substituents is 1. The molecule has 0 spiro atoms. The van der Waals surface area contributed by atoms with Crippen LogP contribution >= 0.6 is 0 Å². The molecule has 4 aromatic rings. The second-order valence-electron chi connectivity index (χ2n) is 10.9. The van der Waals surface area contributed by atoms with Crippen molar-refractivity contribution in [1.29, 1.82) is 0 Å². The number of benzene rings is 4. The number of aromatic carboxylic acids is 2. The highest BCUT2D eigenvalue weighted by atomic mass is 17.2. The van der Waals surface area contributed by atoms with Gasteiger partial charge in [0.05, 0.1) is 34.8 Å². The fourth-order valence-electron chi connectivity index (χ4n) is 4.01. The SMILES string of the molecule is CC(C)(COc1ccc(OOCc2ccc(O)cc2C(=O)O)cc1)COc1ccc(OC(=O)c2cc([N+](=O)[O-])ccc2C(=O)O)cc1. The van der Waals surface area contributed by atoms with E-state index in [1.54, 1.807) is 36.4 Å². The molecule has 0 aliphatic rings. The second-order valence-corrected chi connectivity index (χ2v) is 10.9. The molecule has 244 valence electrons. The van der Waals surface area contributed by atoms with Gasteiger partial charge in [0.1, 0.15) is 29.6 Å². The molecule has 0 saturated carbocycles. The number of aromatic hydroxyl groups is 1. The topological polar surface area (TPSA) is 201 Å². The summed E-state index contributed by atoms with van der Waals surface area (Å²) in [6.07, 6.45) is 0. The van der Waals surface area contributed by atoms with Gasteiger partial charge in [-0.1, -0.05) is 19.9 Å². The number of phenols is 1. The molecule has 4 rings (SSSR count). The zero-order valence-electron chi connectivity index (χ0n) is 25.1. The van der Waals surface area contributed by atoms with Crippen molar-refractivity contribution >= 4 is 23.6 Å². The smallest absolute Gasteiger partial charge is 0.344 e. The molecule has 0 fully saturated rings. The lowest BCUT2D eigenvalue weighted by Gasteiger charge is -2.25. The summed E-state index contributed by atoms with van der Waals surface area (Å²) in [6, 6.07) is 19.3. The summed E-state index contributed by atoms with van der Waals surface area (Å²) in [7, 11) is 0. The van der Waals surface area contributed by atoms with E-state index in [9.17, 15) is 39.8 Å². The van der Waals surface area contributed by atoms with Gasteiger partial charge in [-0.3, -0.25) is 10.1 Å². The third-order valence-corrected chi connectivity index (χ3v) is 6.47. The molecule has 14 heteroatoms. The Morgan fingerprint density at radius 3 is 1.83 bits per heavy atom. The van der Waals surface area contributed by atoms with Crippen LogP contribution in [0.1, 0.15) is 50.5 Å². The van der Waals surface area contributed by atoms with Gasteiger partial charge in [-0.2, -0.15) is 4.89 Å². The van der Waals surface area contributed by atoms with Gasteiger partial charge >= 0.3 is 17.9 Å². The lowest BCUT2D eigenvalue weighted by atomic mass is 9.96. The Bertz CT molecular complexity index is 1770. The predicted octanol–water partition coefficient (Wildman–Crippen LogP) is 5.91. The van der Waals surface area contributed by atoms with E-state index in [0.29, 0.717) is 22.8 Å². The van der Waals surface area contributed by atoms with Gasteiger partial charge in [-0.05, 0) is 72.3 Å². The molecular formula is C33H29NO13. The standard InChI is InChI=1S/C33H29NO13/c1-33(2,19-44-24-8-12-26(13-9-24)47-45-17-20-3-5-22(35)16-28(20)31(38)39)18-43-23-6-10-25(11-7-23)46-32(40)29-15-21(34(41)42)4-14-27(29)30(36)37/h3-16,35H,17-19H2,1-2H3,(H,36,37)(H,38,39). The van der Waals surface area contributed by atoms with Gasteiger partial charge in [0.25, 0.3) is 5.69 Å². The number of carboxylic acids is 2. The van der Waals surface area contributed by atoms with E-state index in [2.05, 4.69) is 0 Å². The number of nitro groups is 1. The normalized spacial score (nSPS) is 10.9. The van der Waals surface area contributed by atoms with Crippen LogP contribution in [0.4, 0.5) is 5.69 Å². The van der Waals surface area contributed by atoms with E-state index >= 15 is 0 Å². The van der Waals surface area contributed by atoms with E-state index in [1.807, 2.05) is 13.8 Å².